The molecule has 2 N–H and O–H groups in total. The first-order valence-corrected chi connectivity index (χ1v) is 5.30. The fourth-order valence-electron chi connectivity index (χ4n) is 1.09. The van der Waals surface area contributed by atoms with Crippen LogP contribution in [-0.2, 0) is 4.74 Å². The SMILES string of the molecule is CC(CO)OCC(O)COc1ccccc1. The van der Waals surface area contributed by atoms with Crippen LogP contribution in [0.15, 0.2) is 30.3 Å². The van der Waals surface area contributed by atoms with Crippen molar-refractivity contribution in [3.8, 4) is 5.75 Å². The van der Waals surface area contributed by atoms with E-state index in [1.807, 2.05) is 30.3 Å². The van der Waals surface area contributed by atoms with E-state index in [-0.39, 0.29) is 25.9 Å². The zero-order chi connectivity index (χ0) is 11.8. The molecule has 0 radical (unpaired) electrons. The van der Waals surface area contributed by atoms with Crippen LogP contribution in [0.4, 0.5) is 0 Å². The van der Waals surface area contributed by atoms with Gasteiger partial charge in [-0.1, -0.05) is 18.2 Å². The van der Waals surface area contributed by atoms with E-state index in [4.69, 9.17) is 14.6 Å². The second kappa shape index (κ2) is 7.22. The Morgan fingerprint density at radius 3 is 2.50 bits per heavy atom. The van der Waals surface area contributed by atoms with Gasteiger partial charge in [0, 0.05) is 0 Å². The molecule has 0 saturated carbocycles. The Morgan fingerprint density at radius 2 is 1.88 bits per heavy atom. The van der Waals surface area contributed by atoms with Gasteiger partial charge in [-0.15, -0.1) is 0 Å². The number of para-hydroxylation sites is 1. The fraction of sp³-hybridized carbons (Fsp3) is 0.500. The van der Waals surface area contributed by atoms with Crippen LogP contribution in [0.5, 0.6) is 5.75 Å². The van der Waals surface area contributed by atoms with E-state index in [0.29, 0.717) is 0 Å². The van der Waals surface area contributed by atoms with E-state index in [1.165, 1.54) is 0 Å². The molecule has 0 amide bonds. The molecule has 0 fully saturated rings. The molecule has 0 aliphatic heterocycles. The van der Waals surface area contributed by atoms with Crippen LogP contribution in [0.1, 0.15) is 6.92 Å². The van der Waals surface area contributed by atoms with E-state index in [0.717, 1.165) is 5.75 Å². The first kappa shape index (κ1) is 13.0. The summed E-state index contributed by atoms with van der Waals surface area (Å²) in [4.78, 5) is 0. The van der Waals surface area contributed by atoms with Gasteiger partial charge in [0.25, 0.3) is 0 Å². The van der Waals surface area contributed by atoms with E-state index in [1.54, 1.807) is 6.92 Å². The quantitative estimate of drug-likeness (QED) is 0.723. The Kier molecular flexibility index (Phi) is 5.85. The summed E-state index contributed by atoms with van der Waals surface area (Å²) >= 11 is 0. The number of hydrogen-bond donors (Lipinski definition) is 2. The van der Waals surface area contributed by atoms with Gasteiger partial charge < -0.3 is 19.7 Å². The minimum Gasteiger partial charge on any atom is -0.491 e. The topological polar surface area (TPSA) is 58.9 Å². The van der Waals surface area contributed by atoms with Crippen molar-refractivity contribution in [2.75, 3.05) is 19.8 Å². The smallest absolute Gasteiger partial charge is 0.119 e. The average molecular weight is 226 g/mol. The lowest BCUT2D eigenvalue weighted by Crippen LogP contribution is -2.27. The third kappa shape index (κ3) is 5.11. The standard InChI is InChI=1S/C12H18O4/c1-10(7-13)15-8-11(14)9-16-12-5-3-2-4-6-12/h2-6,10-11,13-14H,7-9H2,1H3. The summed E-state index contributed by atoms with van der Waals surface area (Å²) in [6, 6.07) is 9.28. The van der Waals surface area contributed by atoms with Crippen LogP contribution in [-0.4, -0.2) is 42.2 Å². The number of aliphatic hydroxyl groups excluding tert-OH is 2. The van der Waals surface area contributed by atoms with Gasteiger partial charge in [0.05, 0.1) is 19.3 Å². The maximum atomic E-state index is 9.52. The molecular formula is C12H18O4. The largest absolute Gasteiger partial charge is 0.491 e. The Hall–Kier alpha value is -1.10. The predicted octanol–water partition coefficient (Wildman–Crippen LogP) is 0.824. The minimum atomic E-state index is -0.686. The van der Waals surface area contributed by atoms with Gasteiger partial charge in [0.2, 0.25) is 0 Å². The Bertz CT molecular complexity index is 276. The molecule has 1 rings (SSSR count). The van der Waals surface area contributed by atoms with Crippen LogP contribution >= 0.6 is 0 Å². The van der Waals surface area contributed by atoms with Crippen molar-refractivity contribution in [3.05, 3.63) is 30.3 Å². The molecule has 2 unspecified atom stereocenters. The Labute approximate surface area is 95.4 Å². The maximum absolute atomic E-state index is 9.52. The molecule has 0 aliphatic carbocycles. The molecule has 16 heavy (non-hydrogen) atoms. The molecule has 2 atom stereocenters. The third-order valence-electron chi connectivity index (χ3n) is 2.02. The highest BCUT2D eigenvalue weighted by molar-refractivity contribution is 5.20. The lowest BCUT2D eigenvalue weighted by atomic mass is 10.3. The highest BCUT2D eigenvalue weighted by atomic mass is 16.5. The molecule has 0 aliphatic rings. The van der Waals surface area contributed by atoms with E-state index >= 15 is 0 Å². The molecule has 0 heterocycles. The van der Waals surface area contributed by atoms with E-state index < -0.39 is 6.10 Å². The molecular weight excluding hydrogens is 208 g/mol. The van der Waals surface area contributed by atoms with Gasteiger partial charge in [-0.2, -0.15) is 0 Å². The maximum Gasteiger partial charge on any atom is 0.119 e. The summed E-state index contributed by atoms with van der Waals surface area (Å²) in [5.41, 5.74) is 0. The first-order valence-electron chi connectivity index (χ1n) is 5.30. The first-order chi connectivity index (χ1) is 7.72. The van der Waals surface area contributed by atoms with Crippen LogP contribution in [0.3, 0.4) is 0 Å². The molecule has 90 valence electrons. The molecule has 0 spiro atoms. The Balaban J connectivity index is 2.18. The van der Waals surface area contributed by atoms with Gasteiger partial charge in [0.15, 0.2) is 0 Å². The van der Waals surface area contributed by atoms with Gasteiger partial charge in [-0.3, -0.25) is 0 Å². The fourth-order valence-corrected chi connectivity index (χ4v) is 1.09. The van der Waals surface area contributed by atoms with Crippen molar-refractivity contribution < 1.29 is 19.7 Å². The number of hydrogen-bond acceptors (Lipinski definition) is 4. The summed E-state index contributed by atoms with van der Waals surface area (Å²) < 4.78 is 10.5. The molecule has 1 aromatic carbocycles. The monoisotopic (exact) mass is 226 g/mol. The molecule has 0 bridgehead atoms. The lowest BCUT2D eigenvalue weighted by molar-refractivity contribution is -0.0354. The van der Waals surface area contributed by atoms with E-state index in [2.05, 4.69) is 0 Å². The number of ether oxygens (including phenoxy) is 2. The minimum absolute atomic E-state index is 0.0493. The molecule has 4 heteroatoms. The number of aliphatic hydroxyl groups is 2. The van der Waals surface area contributed by atoms with Crippen molar-refractivity contribution in [2.24, 2.45) is 0 Å². The summed E-state index contributed by atoms with van der Waals surface area (Å²) in [6.07, 6.45) is -0.944. The zero-order valence-electron chi connectivity index (χ0n) is 9.37. The van der Waals surface area contributed by atoms with Crippen LogP contribution in [0.25, 0.3) is 0 Å². The lowest BCUT2D eigenvalue weighted by Gasteiger charge is -2.15. The molecule has 0 aromatic heterocycles. The number of rotatable bonds is 7. The van der Waals surface area contributed by atoms with Gasteiger partial charge in [-0.25, -0.2) is 0 Å². The normalized spacial score (nSPS) is 14.4. The predicted molar refractivity (Wildman–Crippen MR) is 60.4 cm³/mol. The summed E-state index contributed by atoms with van der Waals surface area (Å²) in [5, 5.41) is 18.2. The summed E-state index contributed by atoms with van der Waals surface area (Å²) in [5.74, 6) is 0.719. The summed E-state index contributed by atoms with van der Waals surface area (Å²) in [7, 11) is 0. The van der Waals surface area contributed by atoms with E-state index in [9.17, 15) is 5.11 Å². The molecule has 4 nitrogen and oxygen atoms in total. The van der Waals surface area contributed by atoms with Crippen LogP contribution < -0.4 is 4.74 Å². The molecule has 1 aromatic rings. The van der Waals surface area contributed by atoms with Crippen molar-refractivity contribution in [1.82, 2.24) is 0 Å². The van der Waals surface area contributed by atoms with Crippen LogP contribution in [0.2, 0.25) is 0 Å². The average Bonchev–Trinajstić information content (AvgIpc) is 2.34. The van der Waals surface area contributed by atoms with Crippen LogP contribution in [0, 0.1) is 0 Å². The summed E-state index contributed by atoms with van der Waals surface area (Å²) in [6.45, 7) is 2.04. The van der Waals surface area contributed by atoms with Crippen molar-refractivity contribution in [1.29, 1.82) is 0 Å². The molecule has 0 saturated heterocycles. The zero-order valence-corrected chi connectivity index (χ0v) is 9.37. The Morgan fingerprint density at radius 1 is 1.19 bits per heavy atom. The second-order valence-corrected chi connectivity index (χ2v) is 3.60. The van der Waals surface area contributed by atoms with Crippen molar-refractivity contribution in [2.45, 2.75) is 19.1 Å². The highest BCUT2D eigenvalue weighted by Crippen LogP contribution is 2.08. The van der Waals surface area contributed by atoms with Crippen molar-refractivity contribution >= 4 is 0 Å². The highest BCUT2D eigenvalue weighted by Gasteiger charge is 2.08. The van der Waals surface area contributed by atoms with Crippen molar-refractivity contribution in [3.63, 3.8) is 0 Å². The van der Waals surface area contributed by atoms with Gasteiger partial charge >= 0.3 is 0 Å². The third-order valence-corrected chi connectivity index (χ3v) is 2.02. The second-order valence-electron chi connectivity index (χ2n) is 3.60. The van der Waals surface area contributed by atoms with Gasteiger partial charge in [-0.05, 0) is 19.1 Å². The number of benzene rings is 1. The van der Waals surface area contributed by atoms with Gasteiger partial charge in [0.1, 0.15) is 18.5 Å².